The first kappa shape index (κ1) is 12.2. The van der Waals surface area contributed by atoms with E-state index in [2.05, 4.69) is 13.8 Å². The van der Waals surface area contributed by atoms with Gasteiger partial charge in [-0.2, -0.15) is 0 Å². The van der Waals surface area contributed by atoms with Crippen molar-refractivity contribution in [1.82, 2.24) is 0 Å². The average molecular weight is 212 g/mol. The molecule has 1 aliphatic carbocycles. The summed E-state index contributed by atoms with van der Waals surface area (Å²) in [6.07, 6.45) is 5.44. The summed E-state index contributed by atoms with van der Waals surface area (Å²) in [6.45, 7) is 5.77. The Balaban J connectivity index is 2.51. The molecule has 3 heteroatoms. The highest BCUT2D eigenvalue weighted by molar-refractivity contribution is 5.66. The zero-order valence-corrected chi connectivity index (χ0v) is 9.69. The number of ether oxygens (including phenoxy) is 1. The summed E-state index contributed by atoms with van der Waals surface area (Å²) in [7, 11) is 0. The van der Waals surface area contributed by atoms with Gasteiger partial charge in [0.2, 0.25) is 0 Å². The molecule has 1 aliphatic rings. The highest BCUT2D eigenvalue weighted by Crippen LogP contribution is 2.30. The molecule has 86 valence electrons. The molecule has 0 aromatic heterocycles. The van der Waals surface area contributed by atoms with Gasteiger partial charge in [0, 0.05) is 6.92 Å². The molecule has 0 heterocycles. The second-order valence-corrected chi connectivity index (χ2v) is 4.69. The number of aliphatic hydroxyl groups is 1. The molecular formula is C12H20O3. The van der Waals surface area contributed by atoms with Gasteiger partial charge in [0.15, 0.2) is 0 Å². The third-order valence-corrected chi connectivity index (χ3v) is 2.95. The smallest absolute Gasteiger partial charge is 0.302 e. The SMILES string of the molecule is CC(=O)OC[C@]1(O)C=C[C@@H](C(C)C)CC1. The van der Waals surface area contributed by atoms with E-state index < -0.39 is 5.60 Å². The summed E-state index contributed by atoms with van der Waals surface area (Å²) >= 11 is 0. The lowest BCUT2D eigenvalue weighted by atomic mass is 9.80. The Morgan fingerprint density at radius 3 is 2.73 bits per heavy atom. The fourth-order valence-electron chi connectivity index (χ4n) is 1.80. The zero-order chi connectivity index (χ0) is 11.5. The minimum atomic E-state index is -0.947. The largest absolute Gasteiger partial charge is 0.462 e. The van der Waals surface area contributed by atoms with Gasteiger partial charge in [-0.25, -0.2) is 0 Å². The van der Waals surface area contributed by atoms with Crippen LogP contribution in [0, 0.1) is 11.8 Å². The molecule has 0 radical (unpaired) electrons. The molecule has 0 spiro atoms. The molecule has 0 saturated carbocycles. The van der Waals surface area contributed by atoms with Crippen LogP contribution in [0.5, 0.6) is 0 Å². The van der Waals surface area contributed by atoms with Gasteiger partial charge in [0.25, 0.3) is 0 Å². The minimum Gasteiger partial charge on any atom is -0.462 e. The highest BCUT2D eigenvalue weighted by Gasteiger charge is 2.30. The maximum Gasteiger partial charge on any atom is 0.302 e. The lowest BCUT2D eigenvalue weighted by Gasteiger charge is -2.31. The molecule has 1 N–H and O–H groups in total. The Morgan fingerprint density at radius 1 is 1.67 bits per heavy atom. The summed E-state index contributed by atoms with van der Waals surface area (Å²) in [6, 6.07) is 0. The maximum atomic E-state index is 10.6. The number of esters is 1. The van der Waals surface area contributed by atoms with Crippen LogP contribution in [-0.2, 0) is 9.53 Å². The van der Waals surface area contributed by atoms with Crippen molar-refractivity contribution in [1.29, 1.82) is 0 Å². The van der Waals surface area contributed by atoms with Gasteiger partial charge in [-0.15, -0.1) is 0 Å². The molecule has 0 aliphatic heterocycles. The van der Waals surface area contributed by atoms with Gasteiger partial charge in [0.05, 0.1) is 0 Å². The lowest BCUT2D eigenvalue weighted by molar-refractivity contribution is -0.147. The lowest BCUT2D eigenvalue weighted by Crippen LogP contribution is -2.36. The fraction of sp³-hybridized carbons (Fsp3) is 0.750. The van der Waals surface area contributed by atoms with Gasteiger partial charge in [0.1, 0.15) is 12.2 Å². The van der Waals surface area contributed by atoms with E-state index in [0.717, 1.165) is 6.42 Å². The Morgan fingerprint density at radius 2 is 2.33 bits per heavy atom. The van der Waals surface area contributed by atoms with Crippen molar-refractivity contribution in [3.8, 4) is 0 Å². The van der Waals surface area contributed by atoms with Gasteiger partial charge in [-0.1, -0.05) is 26.0 Å². The van der Waals surface area contributed by atoms with Gasteiger partial charge in [-0.3, -0.25) is 4.79 Å². The summed E-state index contributed by atoms with van der Waals surface area (Å²) in [4.78, 5) is 10.6. The number of hydrogen-bond acceptors (Lipinski definition) is 3. The maximum absolute atomic E-state index is 10.6. The van der Waals surface area contributed by atoms with Crippen LogP contribution in [0.1, 0.15) is 33.6 Å². The number of carbonyl (C=O) groups is 1. The van der Waals surface area contributed by atoms with E-state index >= 15 is 0 Å². The summed E-state index contributed by atoms with van der Waals surface area (Å²) < 4.78 is 4.84. The van der Waals surface area contributed by atoms with Crippen LogP contribution >= 0.6 is 0 Å². The molecule has 0 saturated heterocycles. The third kappa shape index (κ3) is 3.67. The second-order valence-electron chi connectivity index (χ2n) is 4.69. The van der Waals surface area contributed by atoms with E-state index in [0.29, 0.717) is 18.3 Å². The third-order valence-electron chi connectivity index (χ3n) is 2.95. The summed E-state index contributed by atoms with van der Waals surface area (Å²) in [5.41, 5.74) is -0.947. The molecule has 3 nitrogen and oxygen atoms in total. The van der Waals surface area contributed by atoms with Crippen molar-refractivity contribution in [2.75, 3.05) is 6.61 Å². The number of allylic oxidation sites excluding steroid dienone is 1. The van der Waals surface area contributed by atoms with Crippen LogP contribution in [-0.4, -0.2) is 23.3 Å². The van der Waals surface area contributed by atoms with Crippen molar-refractivity contribution < 1.29 is 14.6 Å². The molecule has 0 fully saturated rings. The highest BCUT2D eigenvalue weighted by atomic mass is 16.5. The van der Waals surface area contributed by atoms with Crippen molar-refractivity contribution >= 4 is 5.97 Å². The van der Waals surface area contributed by atoms with Gasteiger partial charge >= 0.3 is 5.97 Å². The van der Waals surface area contributed by atoms with Crippen molar-refractivity contribution in [2.24, 2.45) is 11.8 Å². The monoisotopic (exact) mass is 212 g/mol. The van der Waals surface area contributed by atoms with Crippen LogP contribution in [0.4, 0.5) is 0 Å². The quantitative estimate of drug-likeness (QED) is 0.574. The van der Waals surface area contributed by atoms with Crippen LogP contribution in [0.3, 0.4) is 0 Å². The predicted molar refractivity (Wildman–Crippen MR) is 58.3 cm³/mol. The van der Waals surface area contributed by atoms with E-state index in [1.54, 1.807) is 6.08 Å². The Bertz CT molecular complexity index is 258. The molecule has 2 atom stereocenters. The van der Waals surface area contributed by atoms with Crippen LogP contribution in [0.25, 0.3) is 0 Å². The van der Waals surface area contributed by atoms with Gasteiger partial charge < -0.3 is 9.84 Å². The zero-order valence-electron chi connectivity index (χ0n) is 9.69. The van der Waals surface area contributed by atoms with E-state index in [1.807, 2.05) is 6.08 Å². The molecule has 1 rings (SSSR count). The van der Waals surface area contributed by atoms with Crippen LogP contribution < -0.4 is 0 Å². The normalized spacial score (nSPS) is 30.6. The van der Waals surface area contributed by atoms with E-state index in [4.69, 9.17) is 4.74 Å². The van der Waals surface area contributed by atoms with Gasteiger partial charge in [-0.05, 0) is 24.7 Å². The van der Waals surface area contributed by atoms with E-state index in [9.17, 15) is 9.90 Å². The number of carbonyl (C=O) groups excluding carboxylic acids is 1. The molecule has 0 unspecified atom stereocenters. The number of hydrogen-bond donors (Lipinski definition) is 1. The first-order valence-corrected chi connectivity index (χ1v) is 5.48. The molecule has 0 aromatic carbocycles. The minimum absolute atomic E-state index is 0.0731. The average Bonchev–Trinajstić information content (AvgIpc) is 2.16. The number of rotatable bonds is 3. The van der Waals surface area contributed by atoms with Crippen molar-refractivity contribution in [3.63, 3.8) is 0 Å². The van der Waals surface area contributed by atoms with E-state index in [-0.39, 0.29) is 12.6 Å². The van der Waals surface area contributed by atoms with Crippen molar-refractivity contribution in [2.45, 2.75) is 39.2 Å². The van der Waals surface area contributed by atoms with Crippen LogP contribution in [0.2, 0.25) is 0 Å². The fourth-order valence-corrected chi connectivity index (χ4v) is 1.80. The van der Waals surface area contributed by atoms with Crippen LogP contribution in [0.15, 0.2) is 12.2 Å². The summed E-state index contributed by atoms with van der Waals surface area (Å²) in [5.74, 6) is 0.782. The van der Waals surface area contributed by atoms with Crippen molar-refractivity contribution in [3.05, 3.63) is 12.2 Å². The molecular weight excluding hydrogens is 192 g/mol. The Hall–Kier alpha value is -0.830. The Labute approximate surface area is 91.1 Å². The predicted octanol–water partition coefficient (Wildman–Crippen LogP) is 1.90. The molecule has 0 aromatic rings. The first-order chi connectivity index (χ1) is 6.93. The second kappa shape index (κ2) is 4.79. The Kier molecular flexibility index (Phi) is 3.91. The molecule has 0 amide bonds. The first-order valence-electron chi connectivity index (χ1n) is 5.48. The topological polar surface area (TPSA) is 46.5 Å². The summed E-state index contributed by atoms with van der Waals surface area (Å²) in [5, 5.41) is 10.1. The molecule has 15 heavy (non-hydrogen) atoms. The molecule has 0 bridgehead atoms. The standard InChI is InChI=1S/C12H20O3/c1-9(2)11-4-6-12(14,7-5-11)8-15-10(3)13/h4,6,9,11,14H,5,7-8H2,1-3H3/t11-,12+/m1/s1. The van der Waals surface area contributed by atoms with E-state index in [1.165, 1.54) is 6.92 Å².